The van der Waals surface area contributed by atoms with Crippen LogP contribution in [-0.2, 0) is 37.4 Å². The number of fused-ring (bicyclic) bond motifs is 4. The number of likely N-dealkylation sites (tertiary alicyclic amines) is 1. The van der Waals surface area contributed by atoms with E-state index in [-0.39, 0.29) is 30.9 Å². The summed E-state index contributed by atoms with van der Waals surface area (Å²) in [6, 6.07) is 21.2. The lowest BCUT2D eigenvalue weighted by Gasteiger charge is -2.28. The summed E-state index contributed by atoms with van der Waals surface area (Å²) in [5.41, 5.74) is 9.91. The van der Waals surface area contributed by atoms with Crippen LogP contribution in [0.15, 0.2) is 60.7 Å². The lowest BCUT2D eigenvalue weighted by Crippen LogP contribution is -2.48. The largest absolute Gasteiger partial charge is 0.453 e. The van der Waals surface area contributed by atoms with Gasteiger partial charge in [0.05, 0.1) is 42.5 Å². The second-order valence-corrected chi connectivity index (χ2v) is 16.3. The average molecular weight is 873 g/mol. The highest BCUT2D eigenvalue weighted by molar-refractivity contribution is 5.85. The number of nitrogens with zero attached hydrogens (tertiary/aromatic N) is 3. The molecule has 2 fully saturated rings. The van der Waals surface area contributed by atoms with E-state index < -0.39 is 17.7 Å². The van der Waals surface area contributed by atoms with Crippen LogP contribution < -0.4 is 16.0 Å². The van der Waals surface area contributed by atoms with Gasteiger partial charge < -0.3 is 40.3 Å². The van der Waals surface area contributed by atoms with Crippen molar-refractivity contribution >= 4 is 35.0 Å². The molecule has 3 heterocycles. The van der Waals surface area contributed by atoms with E-state index in [0.717, 1.165) is 120 Å². The molecular weight excluding hydrogens is 809 g/mol. The molecule has 0 bridgehead atoms. The van der Waals surface area contributed by atoms with Crippen molar-refractivity contribution < 1.29 is 28.7 Å². The van der Waals surface area contributed by atoms with Crippen LogP contribution in [0.2, 0.25) is 0 Å². The molecule has 14 heteroatoms. The fourth-order valence-electron chi connectivity index (χ4n) is 8.54. The molecule has 1 atom stereocenters. The van der Waals surface area contributed by atoms with E-state index in [4.69, 9.17) is 9.97 Å². The summed E-state index contributed by atoms with van der Waals surface area (Å²) in [5.74, 6) is 1.08. The van der Waals surface area contributed by atoms with Gasteiger partial charge in [0.2, 0.25) is 11.8 Å². The van der Waals surface area contributed by atoms with Crippen molar-refractivity contribution in [2.75, 3.05) is 33.9 Å². The predicted octanol–water partition coefficient (Wildman–Crippen LogP) is 9.12. The Labute approximate surface area is 377 Å². The third-order valence-electron chi connectivity index (χ3n) is 11.4. The van der Waals surface area contributed by atoms with Crippen LogP contribution in [0, 0.1) is 12.8 Å². The van der Waals surface area contributed by atoms with Crippen molar-refractivity contribution in [1.82, 2.24) is 40.8 Å². The number of nitrogens with one attached hydrogen (secondary N) is 5. The van der Waals surface area contributed by atoms with Gasteiger partial charge in [-0.3, -0.25) is 9.59 Å². The summed E-state index contributed by atoms with van der Waals surface area (Å²) in [6.07, 6.45) is 17.2. The maximum Gasteiger partial charge on any atom is 0.407 e. The van der Waals surface area contributed by atoms with Crippen LogP contribution in [0.3, 0.4) is 0 Å². The Morgan fingerprint density at radius 1 is 0.750 bits per heavy atom. The molecule has 0 unspecified atom stereocenters. The van der Waals surface area contributed by atoms with Gasteiger partial charge in [-0.15, -0.1) is 12.8 Å². The first-order valence-corrected chi connectivity index (χ1v) is 22.5. The van der Waals surface area contributed by atoms with Gasteiger partial charge in [-0.05, 0) is 84.9 Å². The van der Waals surface area contributed by atoms with Gasteiger partial charge in [0.25, 0.3) is 0 Å². The first kappa shape index (κ1) is 48.4. The summed E-state index contributed by atoms with van der Waals surface area (Å²) < 4.78 is 9.22. The van der Waals surface area contributed by atoms with Gasteiger partial charge >= 0.3 is 12.2 Å². The fraction of sp³-hybridized carbons (Fsp3) is 0.440. The van der Waals surface area contributed by atoms with E-state index in [1.807, 2.05) is 6.07 Å². The molecule has 1 aliphatic heterocycles. The van der Waals surface area contributed by atoms with E-state index in [1.165, 1.54) is 32.6 Å². The molecular formula is C50H64N8O6. The minimum Gasteiger partial charge on any atom is -0.453 e. The number of aromatic nitrogens is 4. The number of aryl methyl sites for hydroxylation is 2. The predicted molar refractivity (Wildman–Crippen MR) is 251 cm³/mol. The second-order valence-electron chi connectivity index (χ2n) is 16.3. The van der Waals surface area contributed by atoms with Gasteiger partial charge in [-0.1, -0.05) is 102 Å². The van der Waals surface area contributed by atoms with E-state index in [9.17, 15) is 19.2 Å². The van der Waals surface area contributed by atoms with E-state index in [0.29, 0.717) is 6.54 Å². The number of methoxy groups -OCH3 is 2. The van der Waals surface area contributed by atoms with Crippen LogP contribution in [0.25, 0.3) is 44.5 Å². The lowest BCUT2D eigenvalue weighted by molar-refractivity contribution is -0.131. The molecule has 0 spiro atoms. The minimum atomic E-state index is -0.649. The van der Waals surface area contributed by atoms with E-state index in [1.54, 1.807) is 4.90 Å². The molecule has 64 heavy (non-hydrogen) atoms. The zero-order valence-electron chi connectivity index (χ0n) is 38.2. The first-order valence-electron chi connectivity index (χ1n) is 22.5. The number of rotatable bonds is 9. The molecule has 3 aromatic carbocycles. The maximum atomic E-state index is 13.0. The van der Waals surface area contributed by atoms with Crippen LogP contribution in [0.4, 0.5) is 9.59 Å². The molecule has 2 aliphatic carbocycles. The molecule has 5 N–H and O–H groups in total. The SMILES string of the molecule is C#C.CCC.CCC.COC(=O)NCC(=O)NC1(c2nc3ccc(-c4ccc(-c5ccc6c(c5)CCCc5[nH]c([C@@H]7CCCN7C(=O)CNC(=O)OC)nc5-6)cc4)cc3[nH]2)CCCC1. The molecule has 8 rings (SSSR count). The van der Waals surface area contributed by atoms with Gasteiger partial charge in [-0.2, -0.15) is 0 Å². The number of hydrogen-bond donors (Lipinski definition) is 5. The first-order chi connectivity index (χ1) is 31.1. The normalized spacial score (nSPS) is 15.6. The van der Waals surface area contributed by atoms with Gasteiger partial charge in [0.15, 0.2) is 0 Å². The summed E-state index contributed by atoms with van der Waals surface area (Å²) in [5, 5.41) is 8.09. The Morgan fingerprint density at radius 3 is 1.98 bits per heavy atom. The Kier molecular flexibility index (Phi) is 17.5. The standard InChI is InChI=1S/C42H46N8O6.2C3H8.C2H2/c1-55-40(53)43-23-35(51)49-42(18-3-4-19-42)39-46-31-17-15-28(22-33(31)47-39)26-12-10-25(11-13-26)27-14-16-30-29(21-27)7-5-8-32-37(30)48-38(45-32)34-9-6-20-50(34)36(52)24-44-41(54)56-2;2*1-3-2;1-2/h10-17,21-22,34H,3-9,18-20,23-24H2,1-2H3,(H,43,53)(H,44,54)(H,45,48)(H,46,47)(H,49,51);2*3H2,1-2H3;1-2H/t34-;;;/m0.../s1. The Bertz CT molecular complexity index is 2370. The minimum absolute atomic E-state index is 0.111. The number of H-pyrrole nitrogens is 2. The number of amides is 4. The Morgan fingerprint density at radius 2 is 1.34 bits per heavy atom. The van der Waals surface area contributed by atoms with Crippen LogP contribution in [0.5, 0.6) is 0 Å². The molecule has 3 aliphatic rings. The van der Waals surface area contributed by atoms with Crippen molar-refractivity contribution in [2.24, 2.45) is 0 Å². The van der Waals surface area contributed by atoms with Gasteiger partial charge in [-0.25, -0.2) is 19.6 Å². The average Bonchev–Trinajstić information content (AvgIpc) is 4.15. The number of carbonyl (C=O) groups excluding carboxylic acids is 4. The molecule has 2 aromatic heterocycles. The number of imidazole rings is 2. The highest BCUT2D eigenvalue weighted by Crippen LogP contribution is 2.40. The molecule has 0 radical (unpaired) electrons. The van der Waals surface area contributed by atoms with E-state index >= 15 is 0 Å². The van der Waals surface area contributed by atoms with E-state index in [2.05, 4.69) is 131 Å². The molecule has 4 amide bonds. The number of alkyl carbamates (subject to hydrolysis) is 2. The second kappa shape index (κ2) is 23.2. The van der Waals surface area contributed by atoms with Crippen molar-refractivity contribution in [3.05, 3.63) is 83.6 Å². The van der Waals surface area contributed by atoms with Crippen LogP contribution in [0.1, 0.15) is 114 Å². The van der Waals surface area contributed by atoms with Crippen molar-refractivity contribution in [1.29, 1.82) is 0 Å². The summed E-state index contributed by atoms with van der Waals surface area (Å²) in [4.78, 5) is 67.7. The number of aromatic amines is 2. The summed E-state index contributed by atoms with van der Waals surface area (Å²) in [6.45, 7) is 8.84. The quantitative estimate of drug-likeness (QED) is 0.0909. The van der Waals surface area contributed by atoms with Crippen molar-refractivity contribution in [2.45, 2.75) is 110 Å². The molecule has 1 saturated heterocycles. The highest BCUT2D eigenvalue weighted by atomic mass is 16.5. The maximum absolute atomic E-state index is 13.0. The van der Waals surface area contributed by atoms with Gasteiger partial charge in [0.1, 0.15) is 24.7 Å². The fourth-order valence-corrected chi connectivity index (χ4v) is 8.54. The third kappa shape index (κ3) is 11.5. The summed E-state index contributed by atoms with van der Waals surface area (Å²) >= 11 is 0. The highest BCUT2D eigenvalue weighted by Gasteiger charge is 2.40. The van der Waals surface area contributed by atoms with Crippen molar-refractivity contribution in [3.8, 4) is 46.4 Å². The Hall–Kier alpha value is -6.62. The van der Waals surface area contributed by atoms with Gasteiger partial charge in [0, 0.05) is 17.8 Å². The van der Waals surface area contributed by atoms with Crippen molar-refractivity contribution in [3.63, 3.8) is 0 Å². The van der Waals surface area contributed by atoms with Crippen LogP contribution >= 0.6 is 0 Å². The lowest BCUT2D eigenvalue weighted by atomic mass is 9.95. The number of ether oxygens (including phenoxy) is 2. The topological polar surface area (TPSA) is 183 Å². The molecule has 5 aromatic rings. The smallest absolute Gasteiger partial charge is 0.407 e. The zero-order valence-corrected chi connectivity index (χ0v) is 38.2. The summed E-state index contributed by atoms with van der Waals surface area (Å²) in [7, 11) is 2.54. The number of hydrogen-bond acceptors (Lipinski definition) is 8. The van der Waals surface area contributed by atoms with Crippen LogP contribution in [-0.4, -0.2) is 82.7 Å². The number of terminal acetylenes is 1. The number of carbonyl (C=O) groups is 4. The number of benzene rings is 3. The molecule has 340 valence electrons. The Balaban J connectivity index is 0.000000902. The monoisotopic (exact) mass is 872 g/mol. The zero-order chi connectivity index (χ0) is 46.2. The molecule has 1 saturated carbocycles. The molecule has 14 nitrogen and oxygen atoms in total. The third-order valence-corrected chi connectivity index (χ3v) is 11.4.